The topological polar surface area (TPSA) is 50.0 Å². The van der Waals surface area contributed by atoms with Crippen molar-refractivity contribution in [3.63, 3.8) is 0 Å². The van der Waals surface area contributed by atoms with Gasteiger partial charge in [0.25, 0.3) is 0 Å². The maximum atomic E-state index is 13.5. The Morgan fingerprint density at radius 1 is 1.38 bits per heavy atom. The standard InChI is InChI=1S/C14H12F3N3O/c1-20-8-9(4-11(20)6-18)7-19-10-2-3-13(12(15)5-10)21-14(16)17/h2-5,8,14,19H,7H2,1H3. The van der Waals surface area contributed by atoms with Crippen molar-refractivity contribution < 1.29 is 17.9 Å². The number of rotatable bonds is 5. The number of aryl methyl sites for hydroxylation is 1. The molecule has 7 heteroatoms. The summed E-state index contributed by atoms with van der Waals surface area (Å²) in [6.45, 7) is -2.68. The van der Waals surface area contributed by atoms with Crippen molar-refractivity contribution in [2.24, 2.45) is 7.05 Å². The molecule has 0 unspecified atom stereocenters. The zero-order valence-electron chi connectivity index (χ0n) is 11.1. The SMILES string of the molecule is Cn1cc(CNc2ccc(OC(F)F)c(F)c2)cc1C#N. The number of hydrogen-bond donors (Lipinski definition) is 1. The second-order valence-electron chi connectivity index (χ2n) is 4.33. The molecule has 1 N–H and O–H groups in total. The van der Waals surface area contributed by atoms with Crippen LogP contribution in [0.15, 0.2) is 30.5 Å². The Morgan fingerprint density at radius 3 is 2.71 bits per heavy atom. The lowest BCUT2D eigenvalue weighted by atomic mass is 10.2. The van der Waals surface area contributed by atoms with E-state index in [1.165, 1.54) is 6.07 Å². The number of anilines is 1. The van der Waals surface area contributed by atoms with Crippen LogP contribution in [0.4, 0.5) is 18.9 Å². The molecular weight excluding hydrogens is 283 g/mol. The van der Waals surface area contributed by atoms with Gasteiger partial charge in [-0.3, -0.25) is 0 Å². The molecule has 0 aliphatic rings. The van der Waals surface area contributed by atoms with Crippen LogP contribution in [0.3, 0.4) is 0 Å². The Bertz CT molecular complexity index is 677. The highest BCUT2D eigenvalue weighted by molar-refractivity contribution is 5.48. The van der Waals surface area contributed by atoms with Crippen LogP contribution in [-0.2, 0) is 13.6 Å². The van der Waals surface area contributed by atoms with Crippen molar-refractivity contribution in [3.8, 4) is 11.8 Å². The number of alkyl halides is 2. The predicted octanol–water partition coefficient (Wildman–Crippen LogP) is 3.25. The maximum absolute atomic E-state index is 13.5. The first-order valence-electron chi connectivity index (χ1n) is 6.03. The molecule has 0 fully saturated rings. The van der Waals surface area contributed by atoms with Gasteiger partial charge in [-0.15, -0.1) is 0 Å². The monoisotopic (exact) mass is 295 g/mol. The number of ether oxygens (including phenoxy) is 1. The van der Waals surface area contributed by atoms with Crippen LogP contribution in [0.1, 0.15) is 11.3 Å². The molecule has 2 rings (SSSR count). The van der Waals surface area contributed by atoms with Crippen LogP contribution in [0.2, 0.25) is 0 Å². The molecule has 0 aliphatic carbocycles. The lowest BCUT2D eigenvalue weighted by Crippen LogP contribution is -2.04. The highest BCUT2D eigenvalue weighted by Crippen LogP contribution is 2.23. The molecule has 110 valence electrons. The zero-order chi connectivity index (χ0) is 15.4. The minimum Gasteiger partial charge on any atom is -0.432 e. The van der Waals surface area contributed by atoms with Crippen LogP contribution in [0.25, 0.3) is 0 Å². The number of hydrogen-bond acceptors (Lipinski definition) is 3. The van der Waals surface area contributed by atoms with E-state index in [0.29, 0.717) is 17.9 Å². The van der Waals surface area contributed by atoms with Crippen molar-refractivity contribution in [2.75, 3.05) is 5.32 Å². The number of aromatic nitrogens is 1. The van der Waals surface area contributed by atoms with E-state index in [4.69, 9.17) is 5.26 Å². The highest BCUT2D eigenvalue weighted by atomic mass is 19.3. The van der Waals surface area contributed by atoms with E-state index in [9.17, 15) is 13.2 Å². The van der Waals surface area contributed by atoms with E-state index in [-0.39, 0.29) is 0 Å². The molecule has 0 radical (unpaired) electrons. The number of nitriles is 1. The third-order valence-electron chi connectivity index (χ3n) is 2.82. The zero-order valence-corrected chi connectivity index (χ0v) is 11.1. The third-order valence-corrected chi connectivity index (χ3v) is 2.82. The van der Waals surface area contributed by atoms with Crippen LogP contribution in [0.5, 0.6) is 5.75 Å². The second kappa shape index (κ2) is 6.22. The van der Waals surface area contributed by atoms with Gasteiger partial charge in [0.1, 0.15) is 11.8 Å². The molecule has 1 heterocycles. The molecule has 21 heavy (non-hydrogen) atoms. The first kappa shape index (κ1) is 14.8. The molecule has 2 aromatic rings. The van der Waals surface area contributed by atoms with Crippen molar-refractivity contribution in [2.45, 2.75) is 13.2 Å². The Balaban J connectivity index is 2.03. The quantitative estimate of drug-likeness (QED) is 0.921. The summed E-state index contributed by atoms with van der Waals surface area (Å²) in [4.78, 5) is 0. The second-order valence-corrected chi connectivity index (χ2v) is 4.33. The van der Waals surface area contributed by atoms with E-state index in [0.717, 1.165) is 17.7 Å². The van der Waals surface area contributed by atoms with Crippen LogP contribution in [0, 0.1) is 17.1 Å². The number of halogens is 3. The summed E-state index contributed by atoms with van der Waals surface area (Å²) in [6, 6.07) is 7.39. The third kappa shape index (κ3) is 3.69. The average Bonchev–Trinajstić information content (AvgIpc) is 2.79. The largest absolute Gasteiger partial charge is 0.432 e. The smallest absolute Gasteiger partial charge is 0.387 e. The summed E-state index contributed by atoms with van der Waals surface area (Å²) in [5.41, 5.74) is 1.79. The van der Waals surface area contributed by atoms with Gasteiger partial charge in [0.05, 0.1) is 0 Å². The van der Waals surface area contributed by atoms with Crippen LogP contribution >= 0.6 is 0 Å². The molecule has 0 aliphatic heterocycles. The van der Waals surface area contributed by atoms with Crippen molar-refractivity contribution in [1.82, 2.24) is 4.57 Å². The lowest BCUT2D eigenvalue weighted by Gasteiger charge is -2.09. The van der Waals surface area contributed by atoms with Gasteiger partial charge in [-0.05, 0) is 23.8 Å². The molecule has 0 spiro atoms. The number of nitrogens with zero attached hydrogens (tertiary/aromatic N) is 2. The fraction of sp³-hybridized carbons (Fsp3) is 0.214. The molecule has 0 saturated heterocycles. The molecule has 0 bridgehead atoms. The fourth-order valence-corrected chi connectivity index (χ4v) is 1.85. The molecule has 0 amide bonds. The first-order valence-corrected chi connectivity index (χ1v) is 6.03. The van der Waals surface area contributed by atoms with Crippen molar-refractivity contribution in [3.05, 3.63) is 47.5 Å². The minimum absolute atomic E-state index is 0.379. The summed E-state index contributed by atoms with van der Waals surface area (Å²) in [5, 5.41) is 11.8. The van der Waals surface area contributed by atoms with Crippen LogP contribution in [-0.4, -0.2) is 11.2 Å². The van der Waals surface area contributed by atoms with E-state index in [1.54, 1.807) is 23.9 Å². The van der Waals surface area contributed by atoms with Gasteiger partial charge in [0, 0.05) is 31.5 Å². The summed E-state index contributed by atoms with van der Waals surface area (Å²) >= 11 is 0. The summed E-state index contributed by atoms with van der Waals surface area (Å²) in [7, 11) is 1.75. The van der Waals surface area contributed by atoms with Crippen LogP contribution < -0.4 is 10.1 Å². The molecule has 0 saturated carbocycles. The molecular formula is C14H12F3N3O. The highest BCUT2D eigenvalue weighted by Gasteiger charge is 2.10. The van der Waals surface area contributed by atoms with Crippen molar-refractivity contribution >= 4 is 5.69 Å². The van der Waals surface area contributed by atoms with Gasteiger partial charge in [0.2, 0.25) is 0 Å². The Morgan fingerprint density at radius 2 is 2.14 bits per heavy atom. The normalized spacial score (nSPS) is 10.5. The number of benzene rings is 1. The van der Waals surface area contributed by atoms with E-state index < -0.39 is 18.2 Å². The Kier molecular flexibility index (Phi) is 4.38. The van der Waals surface area contributed by atoms with E-state index in [1.807, 2.05) is 6.07 Å². The first-order chi connectivity index (χ1) is 9.99. The van der Waals surface area contributed by atoms with Crippen molar-refractivity contribution in [1.29, 1.82) is 5.26 Å². The average molecular weight is 295 g/mol. The summed E-state index contributed by atoms with van der Waals surface area (Å²) in [6.07, 6.45) is 1.77. The van der Waals surface area contributed by atoms with Gasteiger partial charge in [-0.2, -0.15) is 14.0 Å². The van der Waals surface area contributed by atoms with Gasteiger partial charge < -0.3 is 14.6 Å². The molecule has 4 nitrogen and oxygen atoms in total. The molecule has 0 atom stereocenters. The maximum Gasteiger partial charge on any atom is 0.387 e. The Hall–Kier alpha value is -2.62. The van der Waals surface area contributed by atoms with E-state index >= 15 is 0 Å². The van der Waals surface area contributed by atoms with E-state index in [2.05, 4.69) is 10.1 Å². The Labute approximate surface area is 119 Å². The summed E-state index contributed by atoms with van der Waals surface area (Å²) < 4.78 is 43.2. The van der Waals surface area contributed by atoms with Gasteiger partial charge >= 0.3 is 6.61 Å². The minimum atomic E-state index is -3.06. The van der Waals surface area contributed by atoms with Gasteiger partial charge in [-0.1, -0.05) is 0 Å². The fourth-order valence-electron chi connectivity index (χ4n) is 1.85. The lowest BCUT2D eigenvalue weighted by molar-refractivity contribution is -0.0521. The summed E-state index contributed by atoms with van der Waals surface area (Å²) in [5.74, 6) is -1.37. The number of nitrogens with one attached hydrogen (secondary N) is 1. The van der Waals surface area contributed by atoms with Gasteiger partial charge in [0.15, 0.2) is 11.6 Å². The molecule has 1 aromatic carbocycles. The predicted molar refractivity (Wildman–Crippen MR) is 70.5 cm³/mol. The van der Waals surface area contributed by atoms with Gasteiger partial charge in [-0.25, -0.2) is 4.39 Å². The molecule has 1 aromatic heterocycles.